The minimum atomic E-state index is -4.71. The normalized spacial score (nSPS) is 11.8. The van der Waals surface area contributed by atoms with Crippen molar-refractivity contribution in [2.75, 3.05) is 7.05 Å². The third kappa shape index (κ3) is 3.08. The number of carbonyl (C=O) groups is 1. The van der Waals surface area contributed by atoms with E-state index in [4.69, 9.17) is 11.6 Å². The molecule has 0 radical (unpaired) electrons. The van der Waals surface area contributed by atoms with E-state index in [1.54, 1.807) is 24.1 Å². The second kappa shape index (κ2) is 5.64. The van der Waals surface area contributed by atoms with Crippen LogP contribution in [0.5, 0.6) is 0 Å². The topological polar surface area (TPSA) is 56.0 Å². The Hall–Kier alpha value is -2.03. The third-order valence-electron chi connectivity index (χ3n) is 2.99. The molecule has 22 heavy (non-hydrogen) atoms. The molecule has 10 heteroatoms. The molecule has 0 unspecified atom stereocenters. The first kappa shape index (κ1) is 16.3. The number of carbonyl (C=O) groups excluding carboxylic acids is 1. The van der Waals surface area contributed by atoms with E-state index in [1.807, 2.05) is 0 Å². The van der Waals surface area contributed by atoms with E-state index in [9.17, 15) is 18.0 Å². The summed E-state index contributed by atoms with van der Waals surface area (Å²) >= 11 is 5.69. The predicted octanol–water partition coefficient (Wildman–Crippen LogP) is 2.10. The molecule has 0 bridgehead atoms. The Bertz CT molecular complexity index is 706. The number of alkyl halides is 3. The highest BCUT2D eigenvalue weighted by molar-refractivity contribution is 6.34. The Morgan fingerprint density at radius 3 is 2.50 bits per heavy atom. The molecule has 0 aliphatic rings. The van der Waals surface area contributed by atoms with Crippen molar-refractivity contribution in [3.63, 3.8) is 0 Å². The number of hydrogen-bond acceptors (Lipinski definition) is 3. The van der Waals surface area contributed by atoms with Gasteiger partial charge in [0.25, 0.3) is 5.91 Å². The van der Waals surface area contributed by atoms with Gasteiger partial charge in [0.1, 0.15) is 10.7 Å². The van der Waals surface area contributed by atoms with Gasteiger partial charge in [-0.15, -0.1) is 0 Å². The highest BCUT2D eigenvalue weighted by Gasteiger charge is 2.40. The predicted molar refractivity (Wildman–Crippen MR) is 72.2 cm³/mol. The molecular weight excluding hydrogens is 323 g/mol. The van der Waals surface area contributed by atoms with Crippen LogP contribution in [0.2, 0.25) is 5.02 Å². The van der Waals surface area contributed by atoms with Crippen molar-refractivity contribution >= 4 is 17.5 Å². The van der Waals surface area contributed by atoms with E-state index in [0.717, 1.165) is 10.2 Å². The van der Waals surface area contributed by atoms with E-state index in [0.29, 0.717) is 0 Å². The lowest BCUT2D eigenvalue weighted by Gasteiger charge is -2.16. The van der Waals surface area contributed by atoms with Crippen LogP contribution in [0.15, 0.2) is 12.4 Å². The van der Waals surface area contributed by atoms with Crippen molar-refractivity contribution in [3.05, 3.63) is 34.4 Å². The summed E-state index contributed by atoms with van der Waals surface area (Å²) in [5.41, 5.74) is -0.831. The van der Waals surface area contributed by atoms with Gasteiger partial charge in [0.05, 0.1) is 6.20 Å². The van der Waals surface area contributed by atoms with Crippen LogP contribution in [0.3, 0.4) is 0 Å². The van der Waals surface area contributed by atoms with Crippen molar-refractivity contribution in [3.8, 4) is 0 Å². The Morgan fingerprint density at radius 1 is 1.41 bits per heavy atom. The maximum atomic E-state index is 12.8. The zero-order valence-electron chi connectivity index (χ0n) is 12.0. The monoisotopic (exact) mass is 335 g/mol. The lowest BCUT2D eigenvalue weighted by atomic mass is 10.3. The van der Waals surface area contributed by atoms with Crippen LogP contribution in [0, 0.1) is 0 Å². The molecule has 2 rings (SSSR count). The zero-order valence-corrected chi connectivity index (χ0v) is 12.8. The number of amides is 1. The average Bonchev–Trinajstić information content (AvgIpc) is 2.92. The molecule has 2 aromatic heterocycles. The number of hydrogen-bond donors (Lipinski definition) is 0. The van der Waals surface area contributed by atoms with Gasteiger partial charge in [-0.1, -0.05) is 11.6 Å². The van der Waals surface area contributed by atoms with Gasteiger partial charge in [-0.2, -0.15) is 23.4 Å². The van der Waals surface area contributed by atoms with E-state index in [1.165, 1.54) is 19.0 Å². The van der Waals surface area contributed by atoms with Gasteiger partial charge in [-0.05, 0) is 0 Å². The first-order chi connectivity index (χ1) is 10.1. The molecule has 0 aliphatic heterocycles. The Kier molecular flexibility index (Phi) is 4.19. The van der Waals surface area contributed by atoms with E-state index in [-0.39, 0.29) is 12.2 Å². The molecule has 0 aromatic carbocycles. The first-order valence-corrected chi connectivity index (χ1v) is 6.51. The first-order valence-electron chi connectivity index (χ1n) is 6.14. The molecule has 0 spiro atoms. The minimum absolute atomic E-state index is 0.190. The Labute approximate surface area is 129 Å². The summed E-state index contributed by atoms with van der Waals surface area (Å²) in [6.45, 7) is 0.190. The van der Waals surface area contributed by atoms with Gasteiger partial charge in [-0.3, -0.25) is 14.2 Å². The molecule has 6 nitrogen and oxygen atoms in total. The van der Waals surface area contributed by atoms with Crippen LogP contribution >= 0.6 is 11.6 Å². The van der Waals surface area contributed by atoms with Gasteiger partial charge in [0.15, 0.2) is 5.69 Å². The van der Waals surface area contributed by atoms with Gasteiger partial charge < -0.3 is 4.90 Å². The highest BCUT2D eigenvalue weighted by Crippen LogP contribution is 2.35. The van der Waals surface area contributed by atoms with Crippen molar-refractivity contribution < 1.29 is 18.0 Å². The SMILES string of the molecule is CN(Cc1cnn(C)c1)C(=O)c1c(Cl)c(C(F)(F)F)nn1C. The Morgan fingerprint density at radius 2 is 2.05 bits per heavy atom. The minimum Gasteiger partial charge on any atom is -0.336 e. The van der Waals surface area contributed by atoms with Crippen LogP contribution in [-0.4, -0.2) is 37.4 Å². The van der Waals surface area contributed by atoms with Crippen LogP contribution in [0.25, 0.3) is 0 Å². The largest absolute Gasteiger partial charge is 0.436 e. The molecule has 2 heterocycles. The summed E-state index contributed by atoms with van der Waals surface area (Å²) in [5, 5.41) is 6.56. The number of aryl methyl sites for hydroxylation is 2. The second-order valence-electron chi connectivity index (χ2n) is 4.82. The highest BCUT2D eigenvalue weighted by atomic mass is 35.5. The maximum Gasteiger partial charge on any atom is 0.436 e. The van der Waals surface area contributed by atoms with Crippen molar-refractivity contribution in [1.82, 2.24) is 24.5 Å². The van der Waals surface area contributed by atoms with Crippen molar-refractivity contribution in [2.24, 2.45) is 14.1 Å². The summed E-state index contributed by atoms with van der Waals surface area (Å²) in [6.07, 6.45) is -1.44. The summed E-state index contributed by atoms with van der Waals surface area (Å²) in [6, 6.07) is 0. The van der Waals surface area contributed by atoms with E-state index >= 15 is 0 Å². The molecular formula is C12H13ClF3N5O. The van der Waals surface area contributed by atoms with Gasteiger partial charge in [-0.25, -0.2) is 0 Å². The second-order valence-corrected chi connectivity index (χ2v) is 5.19. The average molecular weight is 336 g/mol. The molecule has 0 saturated heterocycles. The van der Waals surface area contributed by atoms with Gasteiger partial charge >= 0.3 is 6.18 Å². The fraction of sp³-hybridized carbons (Fsp3) is 0.417. The van der Waals surface area contributed by atoms with Gasteiger partial charge in [0.2, 0.25) is 0 Å². The fourth-order valence-electron chi connectivity index (χ4n) is 1.99. The fourth-order valence-corrected chi connectivity index (χ4v) is 2.34. The lowest BCUT2D eigenvalue weighted by Crippen LogP contribution is -2.28. The van der Waals surface area contributed by atoms with E-state index in [2.05, 4.69) is 10.2 Å². The zero-order chi connectivity index (χ0) is 16.7. The van der Waals surface area contributed by atoms with E-state index < -0.39 is 22.8 Å². The quantitative estimate of drug-likeness (QED) is 0.863. The van der Waals surface area contributed by atoms with Crippen molar-refractivity contribution in [2.45, 2.75) is 12.7 Å². The van der Waals surface area contributed by atoms with Gasteiger partial charge in [0, 0.05) is 39.4 Å². The van der Waals surface area contributed by atoms with Crippen LogP contribution in [0.1, 0.15) is 21.7 Å². The molecule has 0 N–H and O–H groups in total. The Balaban J connectivity index is 2.27. The number of rotatable bonds is 3. The maximum absolute atomic E-state index is 12.8. The molecule has 0 atom stereocenters. The standard InChI is InChI=1S/C12H13ClF3N5O/c1-19(5-7-4-17-20(2)6-7)11(22)9-8(13)10(12(14,15)16)18-21(9)3/h4,6H,5H2,1-3H3. The van der Waals surface area contributed by atoms with Crippen LogP contribution in [-0.2, 0) is 26.8 Å². The summed E-state index contributed by atoms with van der Waals surface area (Å²) in [4.78, 5) is 13.6. The van der Waals surface area contributed by atoms with Crippen LogP contribution in [0.4, 0.5) is 13.2 Å². The molecule has 0 saturated carbocycles. The molecule has 2 aromatic rings. The molecule has 120 valence electrons. The number of halogens is 4. The smallest absolute Gasteiger partial charge is 0.336 e. The van der Waals surface area contributed by atoms with Crippen LogP contribution < -0.4 is 0 Å². The van der Waals surface area contributed by atoms with Crippen molar-refractivity contribution in [1.29, 1.82) is 0 Å². The number of aromatic nitrogens is 4. The summed E-state index contributed by atoms with van der Waals surface area (Å²) in [7, 11) is 4.43. The number of nitrogens with zero attached hydrogens (tertiary/aromatic N) is 5. The molecule has 0 fully saturated rings. The third-order valence-corrected chi connectivity index (χ3v) is 3.34. The molecule has 1 amide bonds. The lowest BCUT2D eigenvalue weighted by molar-refractivity contribution is -0.141. The summed E-state index contributed by atoms with van der Waals surface area (Å²) in [5.74, 6) is -0.653. The summed E-state index contributed by atoms with van der Waals surface area (Å²) < 4.78 is 40.7. The molecule has 0 aliphatic carbocycles.